The predicted octanol–water partition coefficient (Wildman–Crippen LogP) is 3.30. The lowest BCUT2D eigenvalue weighted by Crippen LogP contribution is -2.38. The van der Waals surface area contributed by atoms with Crippen LogP contribution in [0.4, 0.5) is 15.8 Å². The van der Waals surface area contributed by atoms with E-state index in [1.807, 2.05) is 0 Å². The third-order valence-electron chi connectivity index (χ3n) is 6.07. The molecule has 0 spiro atoms. The molecule has 5 rings (SSSR count). The minimum absolute atomic E-state index is 0.0222. The number of carbonyl (C=O) groups is 1. The van der Waals surface area contributed by atoms with Crippen LogP contribution in [0.3, 0.4) is 0 Å². The van der Waals surface area contributed by atoms with Crippen molar-refractivity contribution in [3.8, 4) is 17.1 Å². The van der Waals surface area contributed by atoms with Gasteiger partial charge in [-0.2, -0.15) is 0 Å². The normalized spacial score (nSPS) is 19.9. The Morgan fingerprint density at radius 2 is 2.18 bits per heavy atom. The molecule has 1 aromatic carbocycles. The van der Waals surface area contributed by atoms with Gasteiger partial charge in [0, 0.05) is 24.4 Å². The summed E-state index contributed by atoms with van der Waals surface area (Å²) in [6.07, 6.45) is 2.28. The summed E-state index contributed by atoms with van der Waals surface area (Å²) >= 11 is 0. The van der Waals surface area contributed by atoms with Gasteiger partial charge >= 0.3 is 0 Å². The molecule has 0 radical (unpaired) electrons. The van der Waals surface area contributed by atoms with Crippen molar-refractivity contribution in [1.29, 1.82) is 0 Å². The molecule has 1 fully saturated rings. The van der Waals surface area contributed by atoms with Crippen molar-refractivity contribution in [2.75, 3.05) is 38.8 Å². The Balaban J connectivity index is 1.62. The maximum Gasteiger partial charge on any atom is 0.255 e. The lowest BCUT2D eigenvalue weighted by Gasteiger charge is -2.29. The zero-order chi connectivity index (χ0) is 23.7. The van der Waals surface area contributed by atoms with E-state index in [1.165, 1.54) is 13.2 Å². The van der Waals surface area contributed by atoms with Gasteiger partial charge in [-0.15, -0.1) is 0 Å². The topological polar surface area (TPSA) is 110 Å². The summed E-state index contributed by atoms with van der Waals surface area (Å²) in [5.74, 6) is -0.103. The molecule has 10 heteroatoms. The maximum absolute atomic E-state index is 14.4. The number of aromatic nitrogens is 3. The number of ether oxygens (including phenoxy) is 3. The molecule has 1 saturated heterocycles. The van der Waals surface area contributed by atoms with E-state index in [2.05, 4.69) is 25.6 Å². The van der Waals surface area contributed by atoms with Gasteiger partial charge in [0.15, 0.2) is 11.6 Å². The zero-order valence-electron chi connectivity index (χ0n) is 19.0. The Kier molecular flexibility index (Phi) is 6.16. The number of carbonyl (C=O) groups excluding carboxylic acids is 1. The molecular formula is C24H26FN5O4. The van der Waals surface area contributed by atoms with Crippen LogP contribution in [-0.4, -0.2) is 60.4 Å². The van der Waals surface area contributed by atoms with Gasteiger partial charge in [0.05, 0.1) is 61.4 Å². The number of hydrogen-bond acceptors (Lipinski definition) is 7. The summed E-state index contributed by atoms with van der Waals surface area (Å²) in [4.78, 5) is 25.3. The number of nitrogens with one attached hydrogen (secondary N) is 3. The number of anilines is 2. The number of aromatic amines is 1. The second-order valence-corrected chi connectivity index (χ2v) is 8.31. The Labute approximate surface area is 196 Å². The van der Waals surface area contributed by atoms with E-state index in [0.29, 0.717) is 66.9 Å². The fraction of sp³-hybridized carbons (Fsp3) is 0.375. The molecule has 1 amide bonds. The van der Waals surface area contributed by atoms with Crippen LogP contribution in [0, 0.1) is 12.7 Å². The number of aryl methyl sites for hydroxylation is 1. The first-order valence-electron chi connectivity index (χ1n) is 11.2. The SMILES string of the molecule is COc1c(F)cccc1Nc1c(-c2ccnc(C)n2)[nH]c2c1C(=O)NC[C@H]2CC1COCCO1. The molecule has 178 valence electrons. The molecule has 0 saturated carbocycles. The summed E-state index contributed by atoms with van der Waals surface area (Å²) in [7, 11) is 1.40. The van der Waals surface area contributed by atoms with Gasteiger partial charge in [-0.25, -0.2) is 14.4 Å². The van der Waals surface area contributed by atoms with E-state index >= 15 is 0 Å². The first-order chi connectivity index (χ1) is 16.5. The Morgan fingerprint density at radius 1 is 1.29 bits per heavy atom. The number of fused-ring (bicyclic) bond motifs is 1. The van der Waals surface area contributed by atoms with E-state index < -0.39 is 5.82 Å². The summed E-state index contributed by atoms with van der Waals surface area (Å²) in [6, 6.07) is 6.36. The van der Waals surface area contributed by atoms with Crippen LogP contribution in [-0.2, 0) is 9.47 Å². The molecular weight excluding hydrogens is 441 g/mol. The highest BCUT2D eigenvalue weighted by Gasteiger charge is 2.35. The first-order valence-corrected chi connectivity index (χ1v) is 11.2. The van der Waals surface area contributed by atoms with Gasteiger partial charge in [0.2, 0.25) is 0 Å². The van der Waals surface area contributed by atoms with Gasteiger partial charge < -0.3 is 29.8 Å². The number of methoxy groups -OCH3 is 1. The van der Waals surface area contributed by atoms with Crippen LogP contribution in [0.5, 0.6) is 5.75 Å². The second kappa shape index (κ2) is 9.40. The Morgan fingerprint density at radius 3 is 2.94 bits per heavy atom. The van der Waals surface area contributed by atoms with Crippen LogP contribution in [0.1, 0.15) is 34.2 Å². The number of halogens is 1. The van der Waals surface area contributed by atoms with Crippen LogP contribution in [0.15, 0.2) is 30.5 Å². The van der Waals surface area contributed by atoms with Crippen LogP contribution in [0.25, 0.3) is 11.4 Å². The summed E-state index contributed by atoms with van der Waals surface area (Å²) < 4.78 is 31.1. The van der Waals surface area contributed by atoms with Crippen LogP contribution < -0.4 is 15.4 Å². The highest BCUT2D eigenvalue weighted by Crippen LogP contribution is 2.42. The lowest BCUT2D eigenvalue weighted by atomic mass is 9.91. The molecule has 0 bridgehead atoms. The molecule has 9 nitrogen and oxygen atoms in total. The Bertz CT molecular complexity index is 1210. The van der Waals surface area contributed by atoms with Crippen molar-refractivity contribution in [3.63, 3.8) is 0 Å². The molecule has 1 unspecified atom stereocenters. The number of para-hydroxylation sites is 1. The standard InChI is InChI=1S/C24H26FN5O4/c1-13-26-7-6-17(28-13)21-22(29-18-5-3-4-16(25)23(18)32-2)19-20(30-21)14(11-27-24(19)31)10-15-12-33-8-9-34-15/h3-7,14-15,29-30H,8-12H2,1-2H3,(H,27,31)/t14-,15?/m1/s1. The fourth-order valence-corrected chi connectivity index (χ4v) is 4.52. The first kappa shape index (κ1) is 22.3. The second-order valence-electron chi connectivity index (χ2n) is 8.31. The lowest BCUT2D eigenvalue weighted by molar-refractivity contribution is -0.0928. The van der Waals surface area contributed by atoms with E-state index in [0.717, 1.165) is 5.69 Å². The number of amides is 1. The van der Waals surface area contributed by atoms with Gasteiger partial charge in [0.25, 0.3) is 5.91 Å². The van der Waals surface area contributed by atoms with Crippen molar-refractivity contribution < 1.29 is 23.4 Å². The van der Waals surface area contributed by atoms with E-state index in [1.54, 1.807) is 31.3 Å². The van der Waals surface area contributed by atoms with Crippen molar-refractivity contribution in [3.05, 3.63) is 53.4 Å². The maximum atomic E-state index is 14.4. The molecule has 34 heavy (non-hydrogen) atoms. The van der Waals surface area contributed by atoms with Crippen molar-refractivity contribution >= 4 is 17.3 Å². The van der Waals surface area contributed by atoms with Crippen LogP contribution >= 0.6 is 0 Å². The zero-order valence-corrected chi connectivity index (χ0v) is 19.0. The molecule has 0 aliphatic carbocycles. The van der Waals surface area contributed by atoms with Gasteiger partial charge in [-0.3, -0.25) is 4.79 Å². The van der Waals surface area contributed by atoms with Crippen molar-refractivity contribution in [2.24, 2.45) is 0 Å². The molecule has 3 aromatic rings. The third-order valence-corrected chi connectivity index (χ3v) is 6.07. The number of rotatable bonds is 6. The summed E-state index contributed by atoms with van der Waals surface area (Å²) in [5.41, 5.74) is 3.37. The minimum atomic E-state index is -0.506. The van der Waals surface area contributed by atoms with Gasteiger partial charge in [-0.1, -0.05) is 6.07 Å². The quantitative estimate of drug-likeness (QED) is 0.510. The molecule has 2 aliphatic rings. The fourth-order valence-electron chi connectivity index (χ4n) is 4.52. The van der Waals surface area contributed by atoms with Crippen molar-refractivity contribution in [1.82, 2.24) is 20.3 Å². The average molecular weight is 468 g/mol. The number of nitrogens with zero attached hydrogens (tertiary/aromatic N) is 2. The number of H-pyrrole nitrogens is 1. The van der Waals surface area contributed by atoms with Crippen LogP contribution in [0.2, 0.25) is 0 Å². The van der Waals surface area contributed by atoms with Crippen molar-refractivity contribution in [2.45, 2.75) is 25.4 Å². The largest absolute Gasteiger partial charge is 0.492 e. The molecule has 4 heterocycles. The average Bonchev–Trinajstić information content (AvgIpc) is 3.22. The predicted molar refractivity (Wildman–Crippen MR) is 123 cm³/mol. The van der Waals surface area contributed by atoms with E-state index in [-0.39, 0.29) is 23.7 Å². The minimum Gasteiger partial charge on any atom is -0.492 e. The molecule has 3 N–H and O–H groups in total. The highest BCUT2D eigenvalue weighted by atomic mass is 19.1. The number of hydrogen-bond donors (Lipinski definition) is 3. The van der Waals surface area contributed by atoms with Gasteiger partial charge in [0.1, 0.15) is 5.82 Å². The third kappa shape index (κ3) is 4.22. The van der Waals surface area contributed by atoms with E-state index in [4.69, 9.17) is 14.2 Å². The summed E-state index contributed by atoms with van der Waals surface area (Å²) in [6.45, 7) is 3.93. The molecule has 2 aromatic heterocycles. The summed E-state index contributed by atoms with van der Waals surface area (Å²) in [5, 5.41) is 6.23. The molecule has 2 aliphatic heterocycles. The van der Waals surface area contributed by atoms with Gasteiger partial charge in [-0.05, 0) is 31.5 Å². The van der Waals surface area contributed by atoms with E-state index in [9.17, 15) is 9.18 Å². The number of benzene rings is 1. The smallest absolute Gasteiger partial charge is 0.255 e. The monoisotopic (exact) mass is 467 g/mol. The molecule has 2 atom stereocenters. The Hall–Kier alpha value is -3.50. The highest BCUT2D eigenvalue weighted by molar-refractivity contribution is 6.06.